The summed E-state index contributed by atoms with van der Waals surface area (Å²) in [5.41, 5.74) is 4.63. The van der Waals surface area contributed by atoms with E-state index in [2.05, 4.69) is 25.6 Å². The molecule has 1 amide bonds. The number of rotatable bonds is 2. The second-order valence-electron chi connectivity index (χ2n) is 5.42. The maximum Gasteiger partial charge on any atom is 0.222 e. The van der Waals surface area contributed by atoms with E-state index in [0.29, 0.717) is 11.5 Å². The summed E-state index contributed by atoms with van der Waals surface area (Å²) >= 11 is 0. The van der Waals surface area contributed by atoms with E-state index >= 15 is 0 Å². The number of aromatic nitrogens is 5. The molecule has 0 atom stereocenters. The van der Waals surface area contributed by atoms with Gasteiger partial charge in [-0.1, -0.05) is 6.07 Å². The van der Waals surface area contributed by atoms with Gasteiger partial charge in [0, 0.05) is 17.9 Å². The zero-order valence-corrected chi connectivity index (χ0v) is 12.7. The number of nitrogens with one attached hydrogen (secondary N) is 2. The Bertz CT molecular complexity index is 1050. The fourth-order valence-electron chi connectivity index (χ4n) is 2.72. The molecule has 114 valence electrons. The number of H-pyrrole nitrogens is 1. The molecule has 2 N–H and O–H groups in total. The van der Waals surface area contributed by atoms with Crippen LogP contribution in [0.1, 0.15) is 12.5 Å². The average molecular weight is 306 g/mol. The number of hydrogen-bond donors (Lipinski definition) is 2. The van der Waals surface area contributed by atoms with Gasteiger partial charge in [-0.15, -0.1) is 0 Å². The van der Waals surface area contributed by atoms with E-state index in [1.54, 1.807) is 16.9 Å². The van der Waals surface area contributed by atoms with Crippen LogP contribution >= 0.6 is 0 Å². The predicted octanol–water partition coefficient (Wildman–Crippen LogP) is 2.54. The van der Waals surface area contributed by atoms with Gasteiger partial charge in [-0.25, -0.2) is 9.50 Å². The molecule has 0 saturated heterocycles. The van der Waals surface area contributed by atoms with E-state index in [1.165, 1.54) is 6.92 Å². The summed E-state index contributed by atoms with van der Waals surface area (Å²) in [6, 6.07) is 7.85. The first-order valence-corrected chi connectivity index (χ1v) is 7.19. The SMILES string of the molecule is CC(=O)Nc1cn2nc(-c3c(C)ccc4[nH]ncc34)ccc2n1. The van der Waals surface area contributed by atoms with Gasteiger partial charge < -0.3 is 5.32 Å². The van der Waals surface area contributed by atoms with Crippen molar-refractivity contribution in [3.63, 3.8) is 0 Å². The molecule has 7 nitrogen and oxygen atoms in total. The van der Waals surface area contributed by atoms with E-state index in [0.717, 1.165) is 27.7 Å². The van der Waals surface area contributed by atoms with Crippen molar-refractivity contribution in [2.45, 2.75) is 13.8 Å². The molecule has 3 aromatic heterocycles. The number of imidazole rings is 1. The third-order valence-electron chi connectivity index (χ3n) is 3.71. The number of benzene rings is 1. The van der Waals surface area contributed by atoms with E-state index in [1.807, 2.05) is 31.2 Å². The molecule has 4 rings (SSSR count). The molecular formula is C16H14N6O. The van der Waals surface area contributed by atoms with Crippen molar-refractivity contribution in [1.82, 2.24) is 24.8 Å². The van der Waals surface area contributed by atoms with Crippen LogP contribution in [0.25, 0.3) is 27.8 Å². The number of amides is 1. The molecule has 0 radical (unpaired) electrons. The molecule has 0 unspecified atom stereocenters. The largest absolute Gasteiger partial charge is 0.310 e. The van der Waals surface area contributed by atoms with Crippen molar-refractivity contribution in [1.29, 1.82) is 0 Å². The number of carbonyl (C=O) groups is 1. The highest BCUT2D eigenvalue weighted by Crippen LogP contribution is 2.29. The lowest BCUT2D eigenvalue weighted by Crippen LogP contribution is -2.05. The van der Waals surface area contributed by atoms with Crippen LogP contribution in [-0.2, 0) is 4.79 Å². The fraction of sp³-hybridized carbons (Fsp3) is 0.125. The minimum Gasteiger partial charge on any atom is -0.310 e. The van der Waals surface area contributed by atoms with Gasteiger partial charge in [0.2, 0.25) is 5.91 Å². The van der Waals surface area contributed by atoms with Crippen LogP contribution in [0.15, 0.2) is 36.7 Å². The Morgan fingerprint density at radius 1 is 1.26 bits per heavy atom. The van der Waals surface area contributed by atoms with Crippen LogP contribution < -0.4 is 5.32 Å². The maximum absolute atomic E-state index is 11.1. The van der Waals surface area contributed by atoms with Crippen molar-refractivity contribution >= 4 is 28.3 Å². The highest BCUT2D eigenvalue weighted by atomic mass is 16.1. The van der Waals surface area contributed by atoms with Crippen molar-refractivity contribution in [2.24, 2.45) is 0 Å². The van der Waals surface area contributed by atoms with Gasteiger partial charge in [0.05, 0.1) is 23.6 Å². The van der Waals surface area contributed by atoms with Crippen molar-refractivity contribution in [3.05, 3.63) is 42.2 Å². The van der Waals surface area contributed by atoms with E-state index in [-0.39, 0.29) is 5.91 Å². The molecule has 7 heteroatoms. The monoisotopic (exact) mass is 306 g/mol. The molecule has 4 aromatic rings. The number of hydrogen-bond acceptors (Lipinski definition) is 4. The molecule has 3 heterocycles. The van der Waals surface area contributed by atoms with Crippen LogP contribution in [0.2, 0.25) is 0 Å². The number of anilines is 1. The smallest absolute Gasteiger partial charge is 0.222 e. The normalized spacial score (nSPS) is 11.2. The van der Waals surface area contributed by atoms with E-state index in [4.69, 9.17) is 0 Å². The van der Waals surface area contributed by atoms with Gasteiger partial charge in [0.1, 0.15) is 0 Å². The summed E-state index contributed by atoms with van der Waals surface area (Å²) in [4.78, 5) is 15.5. The molecule has 0 spiro atoms. The topological polar surface area (TPSA) is 88.0 Å². The highest BCUT2D eigenvalue weighted by molar-refractivity contribution is 5.95. The van der Waals surface area contributed by atoms with Crippen LogP contribution in [0, 0.1) is 6.92 Å². The zero-order chi connectivity index (χ0) is 16.0. The second-order valence-corrected chi connectivity index (χ2v) is 5.42. The molecule has 0 saturated carbocycles. The number of carbonyl (C=O) groups excluding carboxylic acids is 1. The van der Waals surface area contributed by atoms with E-state index < -0.39 is 0 Å². The number of aromatic amines is 1. The number of fused-ring (bicyclic) bond motifs is 2. The third kappa shape index (κ3) is 2.22. The van der Waals surface area contributed by atoms with Crippen molar-refractivity contribution < 1.29 is 4.79 Å². The van der Waals surface area contributed by atoms with Gasteiger partial charge in [0.25, 0.3) is 0 Å². The number of nitrogens with zero attached hydrogens (tertiary/aromatic N) is 4. The first kappa shape index (κ1) is 13.4. The standard InChI is InChI=1S/C16H14N6O/c1-9-3-4-12-11(7-17-20-12)16(9)13-5-6-15-19-14(18-10(2)23)8-22(15)21-13/h3-8H,1-2H3,(H,17,20)(H,18,23). The van der Waals surface area contributed by atoms with Crippen molar-refractivity contribution in [3.8, 4) is 11.3 Å². The summed E-state index contributed by atoms with van der Waals surface area (Å²) in [5, 5.41) is 15.4. The van der Waals surface area contributed by atoms with Crippen LogP contribution in [0.5, 0.6) is 0 Å². The Balaban J connectivity index is 1.89. The zero-order valence-electron chi connectivity index (χ0n) is 12.7. The lowest BCUT2D eigenvalue weighted by molar-refractivity contribution is -0.114. The Hall–Kier alpha value is -3.22. The minimum absolute atomic E-state index is 0.160. The molecule has 0 fully saturated rings. The van der Waals surface area contributed by atoms with Crippen LogP contribution in [0.4, 0.5) is 5.82 Å². The van der Waals surface area contributed by atoms with Gasteiger partial charge in [0.15, 0.2) is 11.5 Å². The molecule has 0 aliphatic carbocycles. The second kappa shape index (κ2) is 4.91. The van der Waals surface area contributed by atoms with Gasteiger partial charge in [-0.3, -0.25) is 9.89 Å². The van der Waals surface area contributed by atoms with Gasteiger partial charge in [-0.2, -0.15) is 10.2 Å². The van der Waals surface area contributed by atoms with E-state index in [9.17, 15) is 4.79 Å². The predicted molar refractivity (Wildman–Crippen MR) is 87.1 cm³/mol. The van der Waals surface area contributed by atoms with Crippen LogP contribution in [0.3, 0.4) is 0 Å². The van der Waals surface area contributed by atoms with Crippen LogP contribution in [-0.4, -0.2) is 30.7 Å². The first-order valence-electron chi connectivity index (χ1n) is 7.19. The molecule has 0 aliphatic rings. The van der Waals surface area contributed by atoms with Gasteiger partial charge >= 0.3 is 0 Å². The third-order valence-corrected chi connectivity index (χ3v) is 3.71. The van der Waals surface area contributed by atoms with Crippen molar-refractivity contribution in [2.75, 3.05) is 5.32 Å². The molecule has 1 aromatic carbocycles. The molecular weight excluding hydrogens is 292 g/mol. The molecule has 0 bridgehead atoms. The molecule has 0 aliphatic heterocycles. The Morgan fingerprint density at radius 2 is 2.13 bits per heavy atom. The summed E-state index contributed by atoms with van der Waals surface area (Å²) in [6.07, 6.45) is 3.51. The quantitative estimate of drug-likeness (QED) is 0.595. The summed E-state index contributed by atoms with van der Waals surface area (Å²) in [5.74, 6) is 0.327. The maximum atomic E-state index is 11.1. The summed E-state index contributed by atoms with van der Waals surface area (Å²) in [6.45, 7) is 3.50. The first-order chi connectivity index (χ1) is 11.1. The fourth-order valence-corrected chi connectivity index (χ4v) is 2.72. The van der Waals surface area contributed by atoms with Gasteiger partial charge in [-0.05, 0) is 30.7 Å². The summed E-state index contributed by atoms with van der Waals surface area (Å²) < 4.78 is 1.67. The summed E-state index contributed by atoms with van der Waals surface area (Å²) in [7, 11) is 0. The molecule has 23 heavy (non-hydrogen) atoms. The Morgan fingerprint density at radius 3 is 2.96 bits per heavy atom. The lowest BCUT2D eigenvalue weighted by Gasteiger charge is -2.07. The average Bonchev–Trinajstić information content (AvgIpc) is 3.11. The number of aryl methyl sites for hydroxylation is 1. The lowest BCUT2D eigenvalue weighted by atomic mass is 10.0. The Kier molecular flexibility index (Phi) is 2.87. The highest BCUT2D eigenvalue weighted by Gasteiger charge is 2.12. The Labute approximate surface area is 131 Å². The minimum atomic E-state index is -0.160.